The molecular formula is C23H29FN2O2. The standard InChI is InChI=1S/C23H29FN2O2/c1-26(2)16-5-17-28-21-12-10-20(11-13-21)25-22(27)23(14-3-4-15-23)18-6-8-19(24)9-7-18/h6-13H,3-5,14-17H2,1-2H3,(H,25,27). The van der Waals surface area contributed by atoms with Gasteiger partial charge in [-0.05, 0) is 75.3 Å². The van der Waals surface area contributed by atoms with Crippen LogP contribution in [-0.2, 0) is 10.2 Å². The molecule has 1 aliphatic rings. The van der Waals surface area contributed by atoms with Crippen LogP contribution in [0, 0.1) is 5.82 Å². The van der Waals surface area contributed by atoms with Gasteiger partial charge in [-0.25, -0.2) is 4.39 Å². The van der Waals surface area contributed by atoms with Crippen molar-refractivity contribution >= 4 is 11.6 Å². The molecule has 2 aromatic carbocycles. The van der Waals surface area contributed by atoms with Crippen LogP contribution in [0.4, 0.5) is 10.1 Å². The minimum Gasteiger partial charge on any atom is -0.494 e. The number of carbonyl (C=O) groups is 1. The molecule has 0 aliphatic heterocycles. The Bertz CT molecular complexity index is 766. The van der Waals surface area contributed by atoms with Gasteiger partial charge in [-0.15, -0.1) is 0 Å². The van der Waals surface area contributed by atoms with Crippen molar-refractivity contribution in [1.82, 2.24) is 4.90 Å². The molecule has 5 heteroatoms. The quantitative estimate of drug-likeness (QED) is 0.676. The first kappa shape index (κ1) is 20.3. The molecule has 0 aromatic heterocycles. The fourth-order valence-corrected chi connectivity index (χ4v) is 3.85. The number of nitrogens with one attached hydrogen (secondary N) is 1. The van der Waals surface area contributed by atoms with Gasteiger partial charge in [-0.1, -0.05) is 25.0 Å². The molecule has 1 aliphatic carbocycles. The van der Waals surface area contributed by atoms with Crippen LogP contribution in [-0.4, -0.2) is 38.1 Å². The first-order valence-electron chi connectivity index (χ1n) is 9.95. The maximum atomic E-state index is 13.3. The second-order valence-corrected chi connectivity index (χ2v) is 7.78. The monoisotopic (exact) mass is 384 g/mol. The van der Waals surface area contributed by atoms with Gasteiger partial charge in [-0.3, -0.25) is 4.79 Å². The number of anilines is 1. The Morgan fingerprint density at radius 1 is 1.07 bits per heavy atom. The molecule has 2 aromatic rings. The van der Waals surface area contributed by atoms with Crippen LogP contribution in [0.25, 0.3) is 0 Å². The highest BCUT2D eigenvalue weighted by Gasteiger charge is 2.42. The zero-order valence-corrected chi connectivity index (χ0v) is 16.7. The zero-order valence-electron chi connectivity index (χ0n) is 16.7. The highest BCUT2D eigenvalue weighted by molar-refractivity contribution is 5.99. The van der Waals surface area contributed by atoms with E-state index in [9.17, 15) is 9.18 Å². The summed E-state index contributed by atoms with van der Waals surface area (Å²) in [6, 6.07) is 13.8. The zero-order chi connectivity index (χ0) is 20.0. The Morgan fingerprint density at radius 2 is 1.71 bits per heavy atom. The topological polar surface area (TPSA) is 41.6 Å². The minimum absolute atomic E-state index is 0.0174. The van der Waals surface area contributed by atoms with Crippen molar-refractivity contribution in [1.29, 1.82) is 0 Å². The summed E-state index contributed by atoms with van der Waals surface area (Å²) in [4.78, 5) is 15.3. The first-order chi connectivity index (χ1) is 13.5. The van der Waals surface area contributed by atoms with Gasteiger partial charge in [0.15, 0.2) is 0 Å². The number of hydrogen-bond donors (Lipinski definition) is 1. The highest BCUT2D eigenvalue weighted by atomic mass is 19.1. The third-order valence-electron chi connectivity index (χ3n) is 5.42. The summed E-state index contributed by atoms with van der Waals surface area (Å²) in [6.07, 6.45) is 4.55. The van der Waals surface area contributed by atoms with Crippen LogP contribution >= 0.6 is 0 Å². The second kappa shape index (κ2) is 9.20. The van der Waals surface area contributed by atoms with E-state index < -0.39 is 5.41 Å². The highest BCUT2D eigenvalue weighted by Crippen LogP contribution is 2.42. The van der Waals surface area contributed by atoms with Crippen molar-refractivity contribution < 1.29 is 13.9 Å². The number of carbonyl (C=O) groups excluding carboxylic acids is 1. The average Bonchev–Trinajstić information content (AvgIpc) is 3.18. The number of hydrogen-bond acceptors (Lipinski definition) is 3. The minimum atomic E-state index is -0.574. The van der Waals surface area contributed by atoms with Crippen molar-refractivity contribution in [2.24, 2.45) is 0 Å². The molecule has 3 rings (SSSR count). The molecule has 1 fully saturated rings. The lowest BCUT2D eigenvalue weighted by Crippen LogP contribution is -2.38. The number of benzene rings is 2. The Morgan fingerprint density at radius 3 is 2.32 bits per heavy atom. The molecule has 0 unspecified atom stereocenters. The van der Waals surface area contributed by atoms with Gasteiger partial charge in [0.25, 0.3) is 0 Å². The van der Waals surface area contributed by atoms with E-state index >= 15 is 0 Å². The molecule has 1 saturated carbocycles. The summed E-state index contributed by atoms with van der Waals surface area (Å²) < 4.78 is 19.1. The fourth-order valence-electron chi connectivity index (χ4n) is 3.85. The third-order valence-corrected chi connectivity index (χ3v) is 5.42. The number of halogens is 1. The van der Waals surface area contributed by atoms with Crippen molar-refractivity contribution in [2.45, 2.75) is 37.5 Å². The third kappa shape index (κ3) is 4.90. The Balaban J connectivity index is 1.63. The molecule has 28 heavy (non-hydrogen) atoms. The lowest BCUT2D eigenvalue weighted by atomic mass is 9.78. The number of rotatable bonds is 8. The van der Waals surface area contributed by atoms with Crippen molar-refractivity contribution in [3.63, 3.8) is 0 Å². The summed E-state index contributed by atoms with van der Waals surface area (Å²) in [7, 11) is 4.08. The molecule has 0 spiro atoms. The average molecular weight is 384 g/mol. The van der Waals surface area contributed by atoms with Crippen LogP contribution in [0.3, 0.4) is 0 Å². The second-order valence-electron chi connectivity index (χ2n) is 7.78. The lowest BCUT2D eigenvalue weighted by molar-refractivity contribution is -0.121. The molecule has 0 radical (unpaired) electrons. The molecule has 1 N–H and O–H groups in total. The summed E-state index contributed by atoms with van der Waals surface area (Å²) >= 11 is 0. The van der Waals surface area contributed by atoms with Crippen LogP contribution in [0.1, 0.15) is 37.7 Å². The maximum Gasteiger partial charge on any atom is 0.235 e. The lowest BCUT2D eigenvalue weighted by Gasteiger charge is -2.28. The molecule has 1 amide bonds. The van der Waals surface area contributed by atoms with Crippen LogP contribution in [0.2, 0.25) is 0 Å². The normalized spacial score (nSPS) is 15.6. The Labute approximate surface area is 166 Å². The van der Waals surface area contributed by atoms with E-state index in [1.165, 1.54) is 12.1 Å². The van der Waals surface area contributed by atoms with E-state index in [0.717, 1.165) is 55.6 Å². The molecule has 0 bridgehead atoms. The molecule has 0 saturated heterocycles. The molecule has 0 heterocycles. The van der Waals surface area contributed by atoms with Gasteiger partial charge < -0.3 is 15.0 Å². The van der Waals surface area contributed by atoms with Crippen LogP contribution in [0.15, 0.2) is 48.5 Å². The van der Waals surface area contributed by atoms with E-state index in [0.29, 0.717) is 6.61 Å². The largest absolute Gasteiger partial charge is 0.494 e. The molecule has 150 valence electrons. The number of nitrogens with zero attached hydrogens (tertiary/aromatic N) is 1. The van der Waals surface area contributed by atoms with E-state index in [1.54, 1.807) is 12.1 Å². The van der Waals surface area contributed by atoms with E-state index in [2.05, 4.69) is 10.2 Å². The predicted molar refractivity (Wildman–Crippen MR) is 110 cm³/mol. The van der Waals surface area contributed by atoms with Crippen molar-refractivity contribution in [2.75, 3.05) is 32.6 Å². The van der Waals surface area contributed by atoms with Crippen LogP contribution < -0.4 is 10.1 Å². The van der Waals surface area contributed by atoms with Gasteiger partial charge in [0.2, 0.25) is 5.91 Å². The van der Waals surface area contributed by atoms with Crippen molar-refractivity contribution in [3.05, 3.63) is 59.9 Å². The molecule has 4 nitrogen and oxygen atoms in total. The smallest absolute Gasteiger partial charge is 0.235 e. The molecular weight excluding hydrogens is 355 g/mol. The van der Waals surface area contributed by atoms with Gasteiger partial charge in [-0.2, -0.15) is 0 Å². The van der Waals surface area contributed by atoms with E-state index in [1.807, 2.05) is 38.4 Å². The van der Waals surface area contributed by atoms with Gasteiger partial charge in [0.1, 0.15) is 11.6 Å². The first-order valence-corrected chi connectivity index (χ1v) is 9.95. The van der Waals surface area contributed by atoms with Gasteiger partial charge in [0, 0.05) is 12.2 Å². The van der Waals surface area contributed by atoms with E-state index in [4.69, 9.17) is 4.74 Å². The Kier molecular flexibility index (Phi) is 6.68. The van der Waals surface area contributed by atoms with Crippen molar-refractivity contribution in [3.8, 4) is 5.75 Å². The fraction of sp³-hybridized carbons (Fsp3) is 0.435. The summed E-state index contributed by atoms with van der Waals surface area (Å²) in [5.74, 6) is 0.501. The van der Waals surface area contributed by atoms with Crippen LogP contribution in [0.5, 0.6) is 5.75 Å². The summed E-state index contributed by atoms with van der Waals surface area (Å²) in [6.45, 7) is 1.65. The SMILES string of the molecule is CN(C)CCCOc1ccc(NC(=O)C2(c3ccc(F)cc3)CCCC2)cc1. The Hall–Kier alpha value is -2.40. The number of amides is 1. The molecule has 0 atom stereocenters. The van der Waals surface area contributed by atoms with Gasteiger partial charge >= 0.3 is 0 Å². The van der Waals surface area contributed by atoms with Gasteiger partial charge in [0.05, 0.1) is 12.0 Å². The predicted octanol–water partition coefficient (Wildman–Crippen LogP) is 4.61. The maximum absolute atomic E-state index is 13.3. The summed E-state index contributed by atoms with van der Waals surface area (Å²) in [5, 5.41) is 3.05. The summed E-state index contributed by atoms with van der Waals surface area (Å²) in [5.41, 5.74) is 1.07. The number of ether oxygens (including phenoxy) is 1. The van der Waals surface area contributed by atoms with E-state index in [-0.39, 0.29) is 11.7 Å².